The average Bonchev–Trinajstić information content (AvgIpc) is 3.30. The van der Waals surface area contributed by atoms with E-state index >= 15 is 0 Å². The summed E-state index contributed by atoms with van der Waals surface area (Å²) in [5, 5.41) is 5.50. The Morgan fingerprint density at radius 3 is 2.31 bits per heavy atom. The maximum absolute atomic E-state index is 6.45. The van der Waals surface area contributed by atoms with Crippen LogP contribution in [0.3, 0.4) is 0 Å². The molecule has 0 unspecified atom stereocenters. The standard InChI is InChI=1S/C33H24N2O/c1-33(2,23-10-4-3-5-11-23)24-17-18-34-29(20-24)27-14-8-13-26-28-19-22-16-15-21-9-6-7-12-25(21)30(22)35-32(28)36-31(26)27/h3-20H,1-2H3. The zero-order valence-electron chi connectivity index (χ0n) is 20.2. The lowest BCUT2D eigenvalue weighted by atomic mass is 9.78. The molecule has 0 aliphatic heterocycles. The van der Waals surface area contributed by atoms with Crippen LogP contribution >= 0.6 is 0 Å². The van der Waals surface area contributed by atoms with Gasteiger partial charge in [-0.1, -0.05) is 92.7 Å². The van der Waals surface area contributed by atoms with Crippen molar-refractivity contribution in [3.05, 3.63) is 120 Å². The number of aromatic nitrogens is 2. The first-order valence-electron chi connectivity index (χ1n) is 12.3. The molecule has 36 heavy (non-hydrogen) atoms. The monoisotopic (exact) mass is 464 g/mol. The lowest BCUT2D eigenvalue weighted by Crippen LogP contribution is -2.18. The molecule has 0 fully saturated rings. The summed E-state index contributed by atoms with van der Waals surface area (Å²) in [5.41, 5.74) is 6.64. The van der Waals surface area contributed by atoms with Gasteiger partial charge in [0.05, 0.1) is 11.2 Å². The van der Waals surface area contributed by atoms with Crippen LogP contribution in [0.2, 0.25) is 0 Å². The molecule has 0 spiro atoms. The molecule has 0 saturated carbocycles. The molecule has 4 aromatic carbocycles. The molecule has 0 bridgehead atoms. The van der Waals surface area contributed by atoms with Crippen molar-refractivity contribution in [2.75, 3.05) is 0 Å². The van der Waals surface area contributed by atoms with E-state index in [0.717, 1.165) is 43.9 Å². The Bertz CT molecular complexity index is 1920. The molecule has 7 aromatic rings. The molecule has 0 saturated heterocycles. The molecule has 0 N–H and O–H groups in total. The molecule has 0 atom stereocenters. The summed E-state index contributed by atoms with van der Waals surface area (Å²) in [7, 11) is 0. The first-order valence-corrected chi connectivity index (χ1v) is 12.3. The highest BCUT2D eigenvalue weighted by molar-refractivity contribution is 6.14. The van der Waals surface area contributed by atoms with E-state index in [0.29, 0.717) is 5.71 Å². The fourth-order valence-corrected chi connectivity index (χ4v) is 5.31. The SMILES string of the molecule is CC(C)(c1ccccc1)c1ccnc(-c2cccc3c2oc2nc4c(ccc5ccccc54)cc23)c1. The van der Waals surface area contributed by atoms with E-state index in [2.05, 4.69) is 117 Å². The predicted octanol–water partition coefficient (Wildman–Crippen LogP) is 8.68. The highest BCUT2D eigenvalue weighted by atomic mass is 16.3. The molecule has 0 aliphatic carbocycles. The Balaban J connectivity index is 1.43. The van der Waals surface area contributed by atoms with Crippen molar-refractivity contribution in [1.29, 1.82) is 0 Å². The van der Waals surface area contributed by atoms with Crippen LogP contribution in [-0.4, -0.2) is 9.97 Å². The molecule has 3 heteroatoms. The largest absolute Gasteiger partial charge is 0.437 e. The van der Waals surface area contributed by atoms with Crippen molar-refractivity contribution >= 4 is 43.7 Å². The summed E-state index contributed by atoms with van der Waals surface area (Å²) in [4.78, 5) is 9.74. The Kier molecular flexibility index (Phi) is 4.49. The number of benzene rings is 4. The van der Waals surface area contributed by atoms with Gasteiger partial charge in [0.2, 0.25) is 5.71 Å². The van der Waals surface area contributed by atoms with Gasteiger partial charge in [-0.05, 0) is 40.8 Å². The van der Waals surface area contributed by atoms with Crippen molar-refractivity contribution in [2.24, 2.45) is 0 Å². The number of nitrogens with zero attached hydrogens (tertiary/aromatic N) is 2. The summed E-state index contributed by atoms with van der Waals surface area (Å²) < 4.78 is 6.45. The zero-order valence-corrected chi connectivity index (χ0v) is 20.2. The van der Waals surface area contributed by atoms with E-state index in [1.807, 2.05) is 6.20 Å². The highest BCUT2D eigenvalue weighted by Crippen LogP contribution is 2.38. The van der Waals surface area contributed by atoms with Crippen molar-refractivity contribution < 1.29 is 4.42 Å². The number of furan rings is 1. The van der Waals surface area contributed by atoms with Gasteiger partial charge in [0.25, 0.3) is 0 Å². The van der Waals surface area contributed by atoms with E-state index in [9.17, 15) is 0 Å². The minimum absolute atomic E-state index is 0.152. The van der Waals surface area contributed by atoms with Gasteiger partial charge < -0.3 is 4.42 Å². The molecule has 3 nitrogen and oxygen atoms in total. The van der Waals surface area contributed by atoms with Crippen LogP contribution in [-0.2, 0) is 5.41 Å². The van der Waals surface area contributed by atoms with E-state index in [1.165, 1.54) is 16.5 Å². The molecular weight excluding hydrogens is 440 g/mol. The molecule has 0 amide bonds. The van der Waals surface area contributed by atoms with Gasteiger partial charge in [0, 0.05) is 38.7 Å². The summed E-state index contributed by atoms with van der Waals surface area (Å²) in [6.07, 6.45) is 1.90. The summed E-state index contributed by atoms with van der Waals surface area (Å²) in [5.74, 6) is 0. The third-order valence-corrected chi connectivity index (χ3v) is 7.43. The van der Waals surface area contributed by atoms with Gasteiger partial charge in [0.15, 0.2) is 0 Å². The fourth-order valence-electron chi connectivity index (χ4n) is 5.31. The minimum atomic E-state index is -0.152. The van der Waals surface area contributed by atoms with Crippen molar-refractivity contribution in [3.63, 3.8) is 0 Å². The topological polar surface area (TPSA) is 38.9 Å². The number of hydrogen-bond acceptors (Lipinski definition) is 3. The number of para-hydroxylation sites is 1. The first kappa shape index (κ1) is 20.8. The lowest BCUT2D eigenvalue weighted by Gasteiger charge is -2.26. The van der Waals surface area contributed by atoms with E-state index in [1.54, 1.807) is 0 Å². The van der Waals surface area contributed by atoms with E-state index < -0.39 is 0 Å². The van der Waals surface area contributed by atoms with Crippen molar-refractivity contribution in [3.8, 4) is 11.3 Å². The van der Waals surface area contributed by atoms with Gasteiger partial charge in [-0.15, -0.1) is 0 Å². The van der Waals surface area contributed by atoms with Crippen LogP contribution in [0.25, 0.3) is 55.0 Å². The number of hydrogen-bond donors (Lipinski definition) is 0. The molecule has 3 heterocycles. The molecule has 3 aromatic heterocycles. The van der Waals surface area contributed by atoms with Gasteiger partial charge in [-0.2, -0.15) is 0 Å². The zero-order chi connectivity index (χ0) is 24.3. The second-order valence-electron chi connectivity index (χ2n) is 9.90. The molecule has 0 aliphatic rings. The molecule has 172 valence electrons. The summed E-state index contributed by atoms with van der Waals surface area (Å²) >= 11 is 0. The van der Waals surface area contributed by atoms with Gasteiger partial charge in [-0.25, -0.2) is 4.98 Å². The Hall–Kier alpha value is -4.50. The van der Waals surface area contributed by atoms with Crippen LogP contribution in [0.15, 0.2) is 114 Å². The quantitative estimate of drug-likeness (QED) is 0.246. The second-order valence-corrected chi connectivity index (χ2v) is 9.90. The van der Waals surface area contributed by atoms with Gasteiger partial charge in [-0.3, -0.25) is 4.98 Å². The number of fused-ring (bicyclic) bond motifs is 6. The maximum atomic E-state index is 6.45. The predicted molar refractivity (Wildman–Crippen MR) is 148 cm³/mol. The Morgan fingerprint density at radius 2 is 1.42 bits per heavy atom. The van der Waals surface area contributed by atoms with Crippen LogP contribution in [0.4, 0.5) is 0 Å². The van der Waals surface area contributed by atoms with E-state index in [4.69, 9.17) is 14.4 Å². The number of rotatable bonds is 3. The first-order chi connectivity index (χ1) is 17.6. The Morgan fingerprint density at radius 1 is 0.639 bits per heavy atom. The maximum Gasteiger partial charge on any atom is 0.227 e. The van der Waals surface area contributed by atoms with Crippen LogP contribution in [0.5, 0.6) is 0 Å². The second kappa shape index (κ2) is 7.76. The average molecular weight is 465 g/mol. The third kappa shape index (κ3) is 3.13. The third-order valence-electron chi connectivity index (χ3n) is 7.43. The van der Waals surface area contributed by atoms with Crippen molar-refractivity contribution in [1.82, 2.24) is 9.97 Å². The van der Waals surface area contributed by atoms with Crippen LogP contribution < -0.4 is 0 Å². The van der Waals surface area contributed by atoms with Crippen molar-refractivity contribution in [2.45, 2.75) is 19.3 Å². The van der Waals surface area contributed by atoms with Crippen LogP contribution in [0, 0.1) is 0 Å². The fraction of sp³-hybridized carbons (Fsp3) is 0.0909. The molecular formula is C33H24N2O. The highest BCUT2D eigenvalue weighted by Gasteiger charge is 2.24. The number of pyridine rings is 2. The normalized spacial score (nSPS) is 12.2. The summed E-state index contributed by atoms with van der Waals surface area (Å²) in [6.45, 7) is 4.51. The van der Waals surface area contributed by atoms with Crippen LogP contribution in [0.1, 0.15) is 25.0 Å². The lowest BCUT2D eigenvalue weighted by molar-refractivity contribution is 0.639. The van der Waals surface area contributed by atoms with Gasteiger partial charge >= 0.3 is 0 Å². The summed E-state index contributed by atoms with van der Waals surface area (Å²) in [6, 6.07) is 36.0. The molecule has 0 radical (unpaired) electrons. The smallest absolute Gasteiger partial charge is 0.227 e. The van der Waals surface area contributed by atoms with Gasteiger partial charge in [0.1, 0.15) is 5.58 Å². The molecule has 7 rings (SSSR count). The van der Waals surface area contributed by atoms with E-state index in [-0.39, 0.29) is 5.41 Å². The Labute approximate surface area is 209 Å². The minimum Gasteiger partial charge on any atom is -0.437 e.